The van der Waals surface area contributed by atoms with Gasteiger partial charge >= 0.3 is 11.9 Å². The maximum Gasteiger partial charge on any atom is 0.314 e. The standard InChI is InChI=1S/C3H4O4.2ClH/c4-2(5)1-3(6)7;;/h1H2,(H,4,5)(H,6,7);2*1H. The fraction of sp³-hybridized carbons (Fsp3) is 0.333. The number of carboxylic acid groups (broad SMARTS) is 2. The summed E-state index contributed by atoms with van der Waals surface area (Å²) in [6, 6.07) is 0. The molecule has 0 aromatic heterocycles. The number of rotatable bonds is 2. The van der Waals surface area contributed by atoms with E-state index in [0.29, 0.717) is 0 Å². The lowest BCUT2D eigenvalue weighted by Gasteiger charge is -1.80. The summed E-state index contributed by atoms with van der Waals surface area (Å²) < 4.78 is 0. The zero-order valence-corrected chi connectivity index (χ0v) is 5.87. The van der Waals surface area contributed by atoms with Gasteiger partial charge in [0, 0.05) is 0 Å². The van der Waals surface area contributed by atoms with Gasteiger partial charge in [0.15, 0.2) is 0 Å². The molecule has 0 rings (SSSR count). The van der Waals surface area contributed by atoms with Gasteiger partial charge in [0.25, 0.3) is 0 Å². The molecule has 0 radical (unpaired) electrons. The average Bonchev–Trinajstić information content (AvgIpc) is 1.27. The van der Waals surface area contributed by atoms with Gasteiger partial charge in [-0.05, 0) is 0 Å². The lowest BCUT2D eigenvalue weighted by molar-refractivity contribution is -0.147. The van der Waals surface area contributed by atoms with E-state index >= 15 is 0 Å². The highest BCUT2D eigenvalue weighted by atomic mass is 35.5. The van der Waals surface area contributed by atoms with Crippen molar-refractivity contribution in [1.82, 2.24) is 0 Å². The Kier molecular flexibility index (Phi) is 13.2. The first-order valence-corrected chi connectivity index (χ1v) is 1.56. The summed E-state index contributed by atoms with van der Waals surface area (Å²) in [6.07, 6.45) is -0.806. The minimum atomic E-state index is -1.31. The van der Waals surface area contributed by atoms with E-state index < -0.39 is 18.4 Å². The van der Waals surface area contributed by atoms with E-state index in [1.165, 1.54) is 0 Å². The molecule has 0 aliphatic heterocycles. The zero-order valence-electron chi connectivity index (χ0n) is 4.23. The van der Waals surface area contributed by atoms with Gasteiger partial charge in [-0.1, -0.05) is 0 Å². The highest BCUT2D eigenvalue weighted by Crippen LogP contribution is 1.74. The van der Waals surface area contributed by atoms with E-state index in [4.69, 9.17) is 10.2 Å². The van der Waals surface area contributed by atoms with Crippen LogP contribution in [0, 0.1) is 0 Å². The lowest BCUT2D eigenvalue weighted by Crippen LogP contribution is -2.03. The van der Waals surface area contributed by atoms with Crippen molar-refractivity contribution in [3.05, 3.63) is 0 Å². The van der Waals surface area contributed by atoms with Crippen molar-refractivity contribution in [3.8, 4) is 0 Å². The molecule has 0 unspecified atom stereocenters. The second-order valence-corrected chi connectivity index (χ2v) is 0.964. The molecular weight excluding hydrogens is 171 g/mol. The number of carbonyl (C=O) groups is 2. The van der Waals surface area contributed by atoms with Crippen LogP contribution in [0.2, 0.25) is 0 Å². The molecular formula is C3H6Cl2O4. The Bertz CT molecular complexity index is 90.0. The highest BCUT2D eigenvalue weighted by Gasteiger charge is 2.01. The fourth-order valence-corrected chi connectivity index (χ4v) is 0.129. The van der Waals surface area contributed by atoms with E-state index in [0.717, 1.165) is 0 Å². The molecule has 0 saturated heterocycles. The van der Waals surface area contributed by atoms with Crippen LogP contribution in [0.5, 0.6) is 0 Å². The predicted molar refractivity (Wildman–Crippen MR) is 34.4 cm³/mol. The summed E-state index contributed by atoms with van der Waals surface area (Å²) in [5, 5.41) is 15.4. The summed E-state index contributed by atoms with van der Waals surface area (Å²) in [7, 11) is 0. The Morgan fingerprint density at radius 1 is 1.00 bits per heavy atom. The smallest absolute Gasteiger partial charge is 0.314 e. The summed E-state index contributed by atoms with van der Waals surface area (Å²) in [5.74, 6) is -2.62. The van der Waals surface area contributed by atoms with Gasteiger partial charge in [-0.25, -0.2) is 0 Å². The molecule has 0 saturated carbocycles. The van der Waals surface area contributed by atoms with E-state index in [1.54, 1.807) is 0 Å². The van der Waals surface area contributed by atoms with Crippen LogP contribution in [0.3, 0.4) is 0 Å². The number of halogens is 2. The van der Waals surface area contributed by atoms with E-state index in [9.17, 15) is 9.59 Å². The molecule has 0 aliphatic rings. The number of carboxylic acids is 2. The molecule has 0 amide bonds. The minimum Gasteiger partial charge on any atom is -0.481 e. The Balaban J connectivity index is -0.000000180. The summed E-state index contributed by atoms with van der Waals surface area (Å²) >= 11 is 0. The molecule has 0 fully saturated rings. The molecule has 6 heteroatoms. The van der Waals surface area contributed by atoms with Gasteiger partial charge in [-0.2, -0.15) is 0 Å². The van der Waals surface area contributed by atoms with Crippen molar-refractivity contribution >= 4 is 36.8 Å². The zero-order chi connectivity index (χ0) is 5.86. The van der Waals surface area contributed by atoms with Crippen LogP contribution >= 0.6 is 24.8 Å². The van der Waals surface area contributed by atoms with Crippen LogP contribution in [-0.2, 0) is 9.59 Å². The maximum absolute atomic E-state index is 9.43. The van der Waals surface area contributed by atoms with E-state index in [1.807, 2.05) is 0 Å². The third kappa shape index (κ3) is 18.5. The van der Waals surface area contributed by atoms with Crippen molar-refractivity contribution in [2.45, 2.75) is 6.42 Å². The van der Waals surface area contributed by atoms with Gasteiger partial charge < -0.3 is 10.2 Å². The Morgan fingerprint density at radius 2 is 1.22 bits per heavy atom. The Hall–Kier alpha value is -0.480. The monoisotopic (exact) mass is 176 g/mol. The number of hydrogen-bond acceptors (Lipinski definition) is 2. The topological polar surface area (TPSA) is 74.6 Å². The molecule has 9 heavy (non-hydrogen) atoms. The molecule has 0 spiro atoms. The average molecular weight is 177 g/mol. The number of hydrogen-bond donors (Lipinski definition) is 2. The molecule has 0 bridgehead atoms. The van der Waals surface area contributed by atoms with Crippen LogP contribution < -0.4 is 0 Å². The predicted octanol–water partition coefficient (Wildman–Crippen LogP) is 0.389. The van der Waals surface area contributed by atoms with Crippen molar-refractivity contribution < 1.29 is 19.8 Å². The highest BCUT2D eigenvalue weighted by molar-refractivity contribution is 5.88. The van der Waals surface area contributed by atoms with E-state index in [-0.39, 0.29) is 24.8 Å². The van der Waals surface area contributed by atoms with Crippen LogP contribution in [0.25, 0.3) is 0 Å². The summed E-state index contributed by atoms with van der Waals surface area (Å²) in [4.78, 5) is 18.9. The maximum atomic E-state index is 9.43. The third-order valence-electron chi connectivity index (χ3n) is 0.302. The van der Waals surface area contributed by atoms with Gasteiger partial charge in [0.2, 0.25) is 0 Å². The number of aliphatic carboxylic acids is 2. The van der Waals surface area contributed by atoms with Crippen LogP contribution in [0.4, 0.5) is 0 Å². The van der Waals surface area contributed by atoms with Crippen LogP contribution in [0.1, 0.15) is 6.42 Å². The normalized spacial score (nSPS) is 6.22. The lowest BCUT2D eigenvalue weighted by atomic mass is 10.5. The molecule has 0 aromatic carbocycles. The van der Waals surface area contributed by atoms with E-state index in [2.05, 4.69) is 0 Å². The Labute approximate surface area is 63.7 Å². The van der Waals surface area contributed by atoms with Gasteiger partial charge in [-0.3, -0.25) is 9.59 Å². The van der Waals surface area contributed by atoms with Crippen LogP contribution in [-0.4, -0.2) is 22.2 Å². The SMILES string of the molecule is Cl.Cl.O=C(O)CC(=O)O. The molecule has 2 N–H and O–H groups in total. The second kappa shape index (κ2) is 7.52. The molecule has 4 nitrogen and oxygen atoms in total. The molecule has 56 valence electrons. The molecule has 0 aliphatic carbocycles. The molecule has 0 heterocycles. The quantitative estimate of drug-likeness (QED) is 0.598. The summed E-state index contributed by atoms with van der Waals surface area (Å²) in [5.41, 5.74) is 0. The van der Waals surface area contributed by atoms with Gasteiger partial charge in [-0.15, -0.1) is 24.8 Å². The van der Waals surface area contributed by atoms with Crippen molar-refractivity contribution in [1.29, 1.82) is 0 Å². The second-order valence-electron chi connectivity index (χ2n) is 0.964. The minimum absolute atomic E-state index is 0. The Morgan fingerprint density at radius 3 is 1.22 bits per heavy atom. The van der Waals surface area contributed by atoms with Crippen molar-refractivity contribution in [2.75, 3.05) is 0 Å². The molecule has 0 atom stereocenters. The van der Waals surface area contributed by atoms with Gasteiger partial charge in [0.05, 0.1) is 0 Å². The fourth-order valence-electron chi connectivity index (χ4n) is 0.129. The first-order chi connectivity index (χ1) is 3.13. The third-order valence-corrected chi connectivity index (χ3v) is 0.302. The van der Waals surface area contributed by atoms with Gasteiger partial charge in [0.1, 0.15) is 6.42 Å². The first-order valence-electron chi connectivity index (χ1n) is 1.56. The van der Waals surface area contributed by atoms with Crippen molar-refractivity contribution in [3.63, 3.8) is 0 Å². The summed E-state index contributed by atoms with van der Waals surface area (Å²) in [6.45, 7) is 0. The van der Waals surface area contributed by atoms with Crippen LogP contribution in [0.15, 0.2) is 0 Å². The largest absolute Gasteiger partial charge is 0.481 e. The van der Waals surface area contributed by atoms with Crippen molar-refractivity contribution in [2.24, 2.45) is 0 Å². The molecule has 0 aromatic rings. The first kappa shape index (κ1) is 15.8.